The smallest absolute Gasteiger partial charge is 0.330 e. The fraction of sp³-hybridized carbons (Fsp3) is 0.800. The maximum Gasteiger partial charge on any atom is 0.330 e. The Morgan fingerprint density at radius 2 is 1.56 bits per heavy atom. The van der Waals surface area contributed by atoms with Gasteiger partial charge in [0.2, 0.25) is 0 Å². The van der Waals surface area contributed by atoms with Crippen molar-refractivity contribution in [3.8, 4) is 0 Å². The maximum atomic E-state index is 11.5. The summed E-state index contributed by atoms with van der Waals surface area (Å²) in [6.07, 6.45) is -14.6. The predicted molar refractivity (Wildman–Crippen MR) is 84.9 cm³/mol. The maximum absolute atomic E-state index is 11.5. The molecule has 0 unspecified atom stereocenters. The van der Waals surface area contributed by atoms with Gasteiger partial charge >= 0.3 is 5.97 Å². The van der Waals surface area contributed by atoms with Gasteiger partial charge in [0, 0.05) is 6.08 Å². The minimum Gasteiger partial charge on any atom is -0.453 e. The average Bonchev–Trinajstić information content (AvgIpc) is 2.68. The number of carbonyl (C=O) groups excluding carboxylic acids is 1. The molecular weight excluding hydrogens is 372 g/mol. The molecular formula is C15H26O12. The standard InChI is InChI=1S/C15H26O12/c1-2-9(21)26-13(6(19)3-16)14(7(20)4-17)27-15-12(24)11(23)10(22)8(5-18)25-15/h2,6-8,10-20,22-24H,1,3-5H2/t6-,7+,8+,10+,11-,12+,13+,14+,15+/m0/s1. The van der Waals surface area contributed by atoms with E-state index in [1.54, 1.807) is 0 Å². The van der Waals surface area contributed by atoms with Crippen LogP contribution in [0, 0.1) is 0 Å². The molecule has 0 aromatic carbocycles. The van der Waals surface area contributed by atoms with Crippen molar-refractivity contribution in [3.05, 3.63) is 12.7 Å². The van der Waals surface area contributed by atoms with Gasteiger partial charge in [-0.1, -0.05) is 6.58 Å². The van der Waals surface area contributed by atoms with Gasteiger partial charge in [0.15, 0.2) is 12.4 Å². The van der Waals surface area contributed by atoms with E-state index in [-0.39, 0.29) is 0 Å². The van der Waals surface area contributed by atoms with Crippen molar-refractivity contribution in [2.45, 2.75) is 55.1 Å². The van der Waals surface area contributed by atoms with Crippen LogP contribution in [0.3, 0.4) is 0 Å². The Hall–Kier alpha value is -1.19. The zero-order valence-electron chi connectivity index (χ0n) is 14.3. The summed E-state index contributed by atoms with van der Waals surface area (Å²) in [6, 6.07) is 0. The number of ether oxygens (including phenoxy) is 3. The molecule has 0 aromatic heterocycles. The highest BCUT2D eigenvalue weighted by molar-refractivity contribution is 5.81. The molecule has 0 amide bonds. The minimum atomic E-state index is -1.85. The molecule has 0 aromatic rings. The van der Waals surface area contributed by atoms with Gasteiger partial charge in [-0.3, -0.25) is 0 Å². The first-order chi connectivity index (χ1) is 12.7. The van der Waals surface area contributed by atoms with Crippen LogP contribution in [0.25, 0.3) is 0 Å². The lowest BCUT2D eigenvalue weighted by Gasteiger charge is -2.42. The largest absolute Gasteiger partial charge is 0.453 e. The number of hydrogen-bond acceptors (Lipinski definition) is 12. The van der Waals surface area contributed by atoms with E-state index >= 15 is 0 Å². The van der Waals surface area contributed by atoms with E-state index < -0.39 is 80.9 Å². The van der Waals surface area contributed by atoms with Crippen LogP contribution in [-0.2, 0) is 19.0 Å². The SMILES string of the molecule is C=CC(=O)O[C@@H]([C@H](O[C@H]1O[C@H](CO)[C@@H](O)[C@H](O)[C@H]1O)[C@H](O)CO)[C@@H](O)CO. The summed E-state index contributed by atoms with van der Waals surface area (Å²) >= 11 is 0. The third kappa shape index (κ3) is 5.89. The lowest BCUT2D eigenvalue weighted by molar-refractivity contribution is -0.327. The van der Waals surface area contributed by atoms with E-state index in [0.717, 1.165) is 6.08 Å². The Morgan fingerprint density at radius 3 is 2.04 bits per heavy atom. The Kier molecular flexibility index (Phi) is 9.69. The van der Waals surface area contributed by atoms with Crippen molar-refractivity contribution in [2.75, 3.05) is 19.8 Å². The topological polar surface area (TPSA) is 207 Å². The van der Waals surface area contributed by atoms with Crippen LogP contribution in [0.15, 0.2) is 12.7 Å². The summed E-state index contributed by atoms with van der Waals surface area (Å²) in [5, 5.41) is 77.0. The molecule has 0 saturated carbocycles. The molecule has 12 nitrogen and oxygen atoms in total. The van der Waals surface area contributed by atoms with Crippen molar-refractivity contribution < 1.29 is 59.9 Å². The van der Waals surface area contributed by atoms with Crippen LogP contribution in [0.5, 0.6) is 0 Å². The van der Waals surface area contributed by atoms with Gasteiger partial charge in [0.05, 0.1) is 19.8 Å². The van der Waals surface area contributed by atoms with E-state index in [2.05, 4.69) is 6.58 Å². The monoisotopic (exact) mass is 398 g/mol. The molecule has 1 rings (SSSR count). The summed E-state index contributed by atoms with van der Waals surface area (Å²) in [7, 11) is 0. The van der Waals surface area contributed by atoms with Gasteiger partial charge in [-0.2, -0.15) is 0 Å². The Labute approximate surface area is 154 Å². The van der Waals surface area contributed by atoms with Crippen LogP contribution in [0.4, 0.5) is 0 Å². The molecule has 0 spiro atoms. The molecule has 9 atom stereocenters. The summed E-state index contributed by atoms with van der Waals surface area (Å²) in [5.74, 6) is -1.04. The Morgan fingerprint density at radius 1 is 1.00 bits per heavy atom. The first-order valence-electron chi connectivity index (χ1n) is 8.08. The fourth-order valence-corrected chi connectivity index (χ4v) is 2.48. The third-order valence-electron chi connectivity index (χ3n) is 4.01. The minimum absolute atomic E-state index is 0.743. The molecule has 1 aliphatic rings. The van der Waals surface area contributed by atoms with E-state index in [9.17, 15) is 40.5 Å². The average molecular weight is 398 g/mol. The highest BCUT2D eigenvalue weighted by Gasteiger charge is 2.47. The lowest BCUT2D eigenvalue weighted by atomic mass is 9.98. The third-order valence-corrected chi connectivity index (χ3v) is 4.01. The normalized spacial score (nSPS) is 33.0. The van der Waals surface area contributed by atoms with Gasteiger partial charge in [-0.15, -0.1) is 0 Å². The van der Waals surface area contributed by atoms with E-state index in [1.165, 1.54) is 0 Å². The van der Waals surface area contributed by atoms with Crippen LogP contribution in [0.2, 0.25) is 0 Å². The summed E-state index contributed by atoms with van der Waals surface area (Å²) in [6.45, 7) is 0.579. The van der Waals surface area contributed by atoms with Crippen molar-refractivity contribution in [3.63, 3.8) is 0 Å². The van der Waals surface area contributed by atoms with E-state index in [0.29, 0.717) is 0 Å². The number of aliphatic hydroxyl groups excluding tert-OH is 8. The highest BCUT2D eigenvalue weighted by Crippen LogP contribution is 2.25. The molecule has 27 heavy (non-hydrogen) atoms. The van der Waals surface area contributed by atoms with Gasteiger partial charge in [-0.05, 0) is 0 Å². The molecule has 0 bridgehead atoms. The predicted octanol–water partition coefficient (Wildman–Crippen LogP) is -5.02. The van der Waals surface area contributed by atoms with Gasteiger partial charge in [0.25, 0.3) is 0 Å². The first kappa shape index (κ1) is 23.8. The molecule has 0 aliphatic carbocycles. The second kappa shape index (κ2) is 11.0. The second-order valence-electron chi connectivity index (χ2n) is 5.90. The number of rotatable bonds is 10. The number of aliphatic hydroxyl groups is 8. The van der Waals surface area contributed by atoms with Gasteiger partial charge in [0.1, 0.15) is 42.7 Å². The van der Waals surface area contributed by atoms with Crippen molar-refractivity contribution in [1.82, 2.24) is 0 Å². The summed E-state index contributed by atoms with van der Waals surface area (Å²) in [4.78, 5) is 11.5. The van der Waals surface area contributed by atoms with Crippen LogP contribution >= 0.6 is 0 Å². The lowest BCUT2D eigenvalue weighted by Crippen LogP contribution is -2.62. The van der Waals surface area contributed by atoms with Crippen LogP contribution < -0.4 is 0 Å². The van der Waals surface area contributed by atoms with Crippen molar-refractivity contribution >= 4 is 5.97 Å². The quantitative estimate of drug-likeness (QED) is 0.129. The Bertz CT molecular complexity index is 472. The van der Waals surface area contributed by atoms with Gasteiger partial charge < -0.3 is 55.1 Å². The molecule has 12 heteroatoms. The number of hydrogen-bond donors (Lipinski definition) is 8. The fourth-order valence-electron chi connectivity index (χ4n) is 2.48. The summed E-state index contributed by atoms with van der Waals surface area (Å²) < 4.78 is 15.3. The molecule has 1 fully saturated rings. The van der Waals surface area contributed by atoms with Gasteiger partial charge in [-0.25, -0.2) is 4.79 Å². The number of esters is 1. The molecule has 0 radical (unpaired) electrons. The zero-order valence-corrected chi connectivity index (χ0v) is 14.3. The number of carbonyl (C=O) groups is 1. The Balaban J connectivity index is 3.10. The van der Waals surface area contributed by atoms with Crippen molar-refractivity contribution in [2.24, 2.45) is 0 Å². The van der Waals surface area contributed by atoms with Crippen molar-refractivity contribution in [1.29, 1.82) is 0 Å². The molecule has 8 N–H and O–H groups in total. The van der Waals surface area contributed by atoms with E-state index in [4.69, 9.17) is 19.3 Å². The molecule has 158 valence electrons. The highest BCUT2D eigenvalue weighted by atomic mass is 16.7. The first-order valence-corrected chi connectivity index (χ1v) is 8.08. The van der Waals surface area contributed by atoms with Crippen LogP contribution in [0.1, 0.15) is 0 Å². The van der Waals surface area contributed by atoms with E-state index in [1.807, 2.05) is 0 Å². The summed E-state index contributed by atoms with van der Waals surface area (Å²) in [5.41, 5.74) is 0. The zero-order chi connectivity index (χ0) is 20.7. The molecule has 1 heterocycles. The molecule has 1 aliphatic heterocycles. The van der Waals surface area contributed by atoms with Crippen LogP contribution in [-0.4, -0.2) is 122 Å². The second-order valence-corrected chi connectivity index (χ2v) is 5.90. The molecule has 1 saturated heterocycles.